The van der Waals surface area contributed by atoms with Crippen LogP contribution in [0.5, 0.6) is 0 Å². The summed E-state index contributed by atoms with van der Waals surface area (Å²) in [5.74, 6) is -0.272. The van der Waals surface area contributed by atoms with Crippen LogP contribution >= 0.6 is 0 Å². The number of hydrogen-bond donors (Lipinski definition) is 3. The first kappa shape index (κ1) is 19.6. The number of nitrogens with zero attached hydrogens (tertiary/aromatic N) is 1. The van der Waals surface area contributed by atoms with E-state index in [0.717, 1.165) is 29.8 Å². The molecular formula is C21H24N4O3. The number of carbonyl (C=O) groups is 3. The Morgan fingerprint density at radius 1 is 1.07 bits per heavy atom. The molecular weight excluding hydrogens is 356 g/mol. The smallest absolute Gasteiger partial charge is 0.321 e. The van der Waals surface area contributed by atoms with Crippen LogP contribution in [0.2, 0.25) is 0 Å². The van der Waals surface area contributed by atoms with Crippen LogP contribution in [0.3, 0.4) is 0 Å². The second-order valence-electron chi connectivity index (χ2n) is 6.61. The summed E-state index contributed by atoms with van der Waals surface area (Å²) in [4.78, 5) is 37.7. The molecule has 1 atom stereocenters. The average Bonchev–Trinajstić information content (AvgIpc) is 3.15. The molecule has 2 aromatic carbocycles. The number of hydrogen-bond acceptors (Lipinski definition) is 4. The molecule has 0 radical (unpaired) electrons. The van der Waals surface area contributed by atoms with E-state index in [2.05, 4.69) is 16.0 Å². The van der Waals surface area contributed by atoms with Crippen molar-refractivity contribution >= 4 is 23.5 Å². The zero-order valence-corrected chi connectivity index (χ0v) is 15.8. The van der Waals surface area contributed by atoms with E-state index < -0.39 is 18.0 Å². The highest BCUT2D eigenvalue weighted by atomic mass is 16.2. The lowest BCUT2D eigenvalue weighted by molar-refractivity contribution is -0.122. The quantitative estimate of drug-likeness (QED) is 0.716. The van der Waals surface area contributed by atoms with E-state index in [1.165, 1.54) is 7.05 Å². The Morgan fingerprint density at radius 2 is 1.79 bits per heavy atom. The number of imide groups is 1. The summed E-state index contributed by atoms with van der Waals surface area (Å²) in [6.07, 6.45) is 1.49. The van der Waals surface area contributed by atoms with Gasteiger partial charge < -0.3 is 10.2 Å². The second kappa shape index (κ2) is 9.14. The number of nitrogens with one attached hydrogen (secondary N) is 3. The van der Waals surface area contributed by atoms with E-state index in [1.54, 1.807) is 4.90 Å². The van der Waals surface area contributed by atoms with Gasteiger partial charge in [0.25, 0.3) is 0 Å². The second-order valence-corrected chi connectivity index (χ2v) is 6.61. The Balaban J connectivity index is 1.68. The van der Waals surface area contributed by atoms with Gasteiger partial charge in [0.2, 0.25) is 11.8 Å². The Kier molecular flexibility index (Phi) is 6.39. The summed E-state index contributed by atoms with van der Waals surface area (Å²) < 4.78 is 0. The average molecular weight is 380 g/mol. The number of rotatable bonds is 6. The fraction of sp³-hybridized carbons (Fsp3) is 0.286. The van der Waals surface area contributed by atoms with Crippen LogP contribution in [0.25, 0.3) is 0 Å². The third kappa shape index (κ3) is 4.75. The topological polar surface area (TPSA) is 90.5 Å². The number of urea groups is 1. The highest BCUT2D eigenvalue weighted by Gasteiger charge is 2.23. The third-order valence-electron chi connectivity index (χ3n) is 4.69. The Labute approximate surface area is 164 Å². The lowest BCUT2D eigenvalue weighted by atomic mass is 10.1. The molecule has 0 saturated carbocycles. The molecule has 1 heterocycles. The SMILES string of the molecule is CNC(=O)NC(=O)[C@H](NCc1ccc(N2CCCC2=O)cc1)c1ccccc1. The van der Waals surface area contributed by atoms with Gasteiger partial charge >= 0.3 is 6.03 Å². The first-order chi connectivity index (χ1) is 13.6. The van der Waals surface area contributed by atoms with E-state index in [-0.39, 0.29) is 5.91 Å². The molecule has 146 valence electrons. The van der Waals surface area contributed by atoms with Crippen molar-refractivity contribution in [2.45, 2.75) is 25.4 Å². The Morgan fingerprint density at radius 3 is 2.39 bits per heavy atom. The predicted molar refractivity (Wildman–Crippen MR) is 107 cm³/mol. The molecule has 3 rings (SSSR count). The number of carbonyl (C=O) groups excluding carboxylic acids is 3. The van der Waals surface area contributed by atoms with Crippen molar-refractivity contribution in [3.63, 3.8) is 0 Å². The lowest BCUT2D eigenvalue weighted by Gasteiger charge is -2.19. The van der Waals surface area contributed by atoms with Gasteiger partial charge in [0.1, 0.15) is 6.04 Å². The van der Waals surface area contributed by atoms with E-state index in [0.29, 0.717) is 13.0 Å². The number of benzene rings is 2. The van der Waals surface area contributed by atoms with Crippen molar-refractivity contribution in [2.75, 3.05) is 18.5 Å². The van der Waals surface area contributed by atoms with Crippen LogP contribution in [0.15, 0.2) is 54.6 Å². The van der Waals surface area contributed by atoms with Crippen molar-refractivity contribution in [2.24, 2.45) is 0 Å². The maximum Gasteiger partial charge on any atom is 0.321 e. The molecule has 1 fully saturated rings. The molecule has 1 aliphatic rings. The summed E-state index contributed by atoms with van der Waals surface area (Å²) >= 11 is 0. The first-order valence-electron chi connectivity index (χ1n) is 9.28. The van der Waals surface area contributed by atoms with Crippen LogP contribution in [0, 0.1) is 0 Å². The van der Waals surface area contributed by atoms with Gasteiger partial charge in [0, 0.05) is 32.2 Å². The molecule has 0 aromatic heterocycles. The third-order valence-corrected chi connectivity index (χ3v) is 4.69. The van der Waals surface area contributed by atoms with Crippen molar-refractivity contribution < 1.29 is 14.4 Å². The molecule has 0 spiro atoms. The van der Waals surface area contributed by atoms with Crippen LogP contribution in [-0.2, 0) is 16.1 Å². The minimum absolute atomic E-state index is 0.154. The molecule has 0 bridgehead atoms. The summed E-state index contributed by atoms with van der Waals surface area (Å²) in [5.41, 5.74) is 2.63. The molecule has 3 N–H and O–H groups in total. The monoisotopic (exact) mass is 380 g/mol. The van der Waals surface area contributed by atoms with Crippen LogP contribution in [-0.4, -0.2) is 31.4 Å². The number of anilines is 1. The standard InChI is InChI=1S/C21H24N4O3/c1-22-21(28)24-20(27)19(16-6-3-2-4-7-16)23-14-15-9-11-17(12-10-15)25-13-5-8-18(25)26/h2-4,6-7,9-12,19,23H,5,8,13-14H2,1H3,(H2,22,24,27,28)/t19-/m1/s1. The van der Waals surface area contributed by atoms with Crippen molar-refractivity contribution in [1.29, 1.82) is 0 Å². The van der Waals surface area contributed by atoms with E-state index in [9.17, 15) is 14.4 Å². The summed E-state index contributed by atoms with van der Waals surface area (Å²) in [5, 5.41) is 7.91. The molecule has 2 aromatic rings. The number of amides is 4. The van der Waals surface area contributed by atoms with Gasteiger partial charge in [0.05, 0.1) is 0 Å². The van der Waals surface area contributed by atoms with Crippen molar-refractivity contribution in [3.05, 3.63) is 65.7 Å². The minimum atomic E-state index is -0.668. The molecule has 0 aliphatic carbocycles. The van der Waals surface area contributed by atoms with Gasteiger partial charge in [0.15, 0.2) is 0 Å². The molecule has 28 heavy (non-hydrogen) atoms. The van der Waals surface area contributed by atoms with E-state index in [1.807, 2.05) is 54.6 Å². The normalized spacial score (nSPS) is 14.6. The fourth-order valence-corrected chi connectivity index (χ4v) is 3.19. The van der Waals surface area contributed by atoms with Gasteiger partial charge in [-0.2, -0.15) is 0 Å². The van der Waals surface area contributed by atoms with Gasteiger partial charge in [-0.3, -0.25) is 20.2 Å². The predicted octanol–water partition coefficient (Wildman–Crippen LogP) is 2.10. The molecule has 1 aliphatic heterocycles. The summed E-state index contributed by atoms with van der Waals surface area (Å²) in [7, 11) is 1.46. The maximum absolute atomic E-state index is 12.5. The highest BCUT2D eigenvalue weighted by Crippen LogP contribution is 2.22. The molecule has 0 unspecified atom stereocenters. The zero-order chi connectivity index (χ0) is 19.9. The van der Waals surface area contributed by atoms with Gasteiger partial charge in [-0.05, 0) is 29.7 Å². The molecule has 7 nitrogen and oxygen atoms in total. The maximum atomic E-state index is 12.5. The van der Waals surface area contributed by atoms with Gasteiger partial charge in [-0.25, -0.2) is 4.79 Å². The first-order valence-corrected chi connectivity index (χ1v) is 9.28. The lowest BCUT2D eigenvalue weighted by Crippen LogP contribution is -2.44. The Bertz CT molecular complexity index is 836. The molecule has 4 amide bonds. The van der Waals surface area contributed by atoms with Gasteiger partial charge in [-0.15, -0.1) is 0 Å². The fourth-order valence-electron chi connectivity index (χ4n) is 3.19. The van der Waals surface area contributed by atoms with E-state index in [4.69, 9.17) is 0 Å². The molecule has 7 heteroatoms. The highest BCUT2D eigenvalue weighted by molar-refractivity contribution is 5.97. The van der Waals surface area contributed by atoms with E-state index >= 15 is 0 Å². The summed E-state index contributed by atoms with van der Waals surface area (Å²) in [6, 6.07) is 15.7. The van der Waals surface area contributed by atoms with Crippen LogP contribution in [0.1, 0.15) is 30.0 Å². The largest absolute Gasteiger partial charge is 0.341 e. The Hall–Kier alpha value is -3.19. The van der Waals surface area contributed by atoms with Crippen molar-refractivity contribution in [3.8, 4) is 0 Å². The minimum Gasteiger partial charge on any atom is -0.341 e. The molecule has 1 saturated heterocycles. The van der Waals surface area contributed by atoms with Crippen LogP contribution in [0.4, 0.5) is 10.5 Å². The van der Waals surface area contributed by atoms with Gasteiger partial charge in [-0.1, -0.05) is 42.5 Å². The van der Waals surface area contributed by atoms with Crippen LogP contribution < -0.4 is 20.9 Å². The zero-order valence-electron chi connectivity index (χ0n) is 15.8. The summed E-state index contributed by atoms with van der Waals surface area (Å²) in [6.45, 7) is 1.20. The van der Waals surface area contributed by atoms with Crippen molar-refractivity contribution in [1.82, 2.24) is 16.0 Å².